The van der Waals surface area contributed by atoms with Crippen LogP contribution in [0.4, 0.5) is 0 Å². The lowest BCUT2D eigenvalue weighted by molar-refractivity contribution is -0.131. The molecular formula is C20H14O2. The predicted octanol–water partition coefficient (Wildman–Crippen LogP) is 3.22. The van der Waals surface area contributed by atoms with Gasteiger partial charge in [0.2, 0.25) is 0 Å². The largest absolute Gasteiger partial charge is 0.294 e. The fourth-order valence-corrected chi connectivity index (χ4v) is 4.75. The third-order valence-electron chi connectivity index (χ3n) is 5.51. The minimum atomic E-state index is -0.229. The van der Waals surface area contributed by atoms with E-state index in [0.717, 1.165) is 0 Å². The van der Waals surface area contributed by atoms with Crippen LogP contribution in [-0.4, -0.2) is 11.6 Å². The first kappa shape index (κ1) is 12.1. The molecule has 6 rings (SSSR count). The van der Waals surface area contributed by atoms with Gasteiger partial charge >= 0.3 is 0 Å². The molecule has 106 valence electrons. The molecule has 2 atom stereocenters. The van der Waals surface area contributed by atoms with Crippen molar-refractivity contribution in [3.63, 3.8) is 0 Å². The Kier molecular flexibility index (Phi) is 2.22. The van der Waals surface area contributed by atoms with Crippen molar-refractivity contribution in [2.45, 2.75) is 11.8 Å². The van der Waals surface area contributed by atoms with E-state index in [1.807, 2.05) is 24.3 Å². The molecule has 4 aliphatic rings. The average Bonchev–Trinajstić information content (AvgIpc) is 2.58. The zero-order valence-electron chi connectivity index (χ0n) is 11.9. The molecule has 0 aliphatic heterocycles. The van der Waals surface area contributed by atoms with Crippen molar-refractivity contribution in [3.05, 3.63) is 82.9 Å². The SMILES string of the molecule is O=C1C=CC(=O)C2C3c4ccccc4C(c4ccccc43)C12. The number of hydrogen-bond acceptors (Lipinski definition) is 2. The van der Waals surface area contributed by atoms with Crippen LogP contribution in [-0.2, 0) is 9.59 Å². The van der Waals surface area contributed by atoms with E-state index in [1.54, 1.807) is 0 Å². The molecule has 0 spiro atoms. The number of rotatable bonds is 0. The van der Waals surface area contributed by atoms with Gasteiger partial charge in [0.25, 0.3) is 0 Å². The zero-order chi connectivity index (χ0) is 14.8. The van der Waals surface area contributed by atoms with Gasteiger partial charge in [-0.05, 0) is 34.4 Å². The lowest BCUT2D eigenvalue weighted by atomic mass is 9.51. The number of hydrogen-bond donors (Lipinski definition) is 0. The van der Waals surface area contributed by atoms with Gasteiger partial charge in [-0.3, -0.25) is 9.59 Å². The van der Waals surface area contributed by atoms with E-state index in [1.165, 1.54) is 34.4 Å². The first-order valence-electron chi connectivity index (χ1n) is 7.71. The van der Waals surface area contributed by atoms with E-state index >= 15 is 0 Å². The monoisotopic (exact) mass is 286 g/mol. The molecule has 0 amide bonds. The van der Waals surface area contributed by atoms with Gasteiger partial charge in [0.1, 0.15) is 0 Å². The Labute approximate surface area is 128 Å². The highest BCUT2D eigenvalue weighted by atomic mass is 16.1. The summed E-state index contributed by atoms with van der Waals surface area (Å²) in [6.45, 7) is 0. The van der Waals surface area contributed by atoms with Crippen LogP contribution in [0.1, 0.15) is 34.1 Å². The van der Waals surface area contributed by atoms with Crippen LogP contribution in [0.3, 0.4) is 0 Å². The van der Waals surface area contributed by atoms with Crippen molar-refractivity contribution in [1.29, 1.82) is 0 Å². The summed E-state index contributed by atoms with van der Waals surface area (Å²) in [5.41, 5.74) is 4.90. The van der Waals surface area contributed by atoms with Crippen molar-refractivity contribution in [2.75, 3.05) is 0 Å². The topological polar surface area (TPSA) is 34.1 Å². The van der Waals surface area contributed by atoms with Crippen LogP contribution in [0.5, 0.6) is 0 Å². The van der Waals surface area contributed by atoms with Gasteiger partial charge in [-0.2, -0.15) is 0 Å². The maximum Gasteiger partial charge on any atom is 0.160 e. The number of carbonyl (C=O) groups is 2. The highest BCUT2D eigenvalue weighted by molar-refractivity contribution is 6.09. The first-order chi connectivity index (χ1) is 10.8. The van der Waals surface area contributed by atoms with Gasteiger partial charge in [-0.1, -0.05) is 48.5 Å². The normalized spacial score (nSPS) is 30.7. The molecule has 2 aromatic carbocycles. The Morgan fingerprint density at radius 3 is 1.18 bits per heavy atom. The second-order valence-electron chi connectivity index (χ2n) is 6.40. The van der Waals surface area contributed by atoms with Crippen LogP contribution in [0.2, 0.25) is 0 Å². The summed E-state index contributed by atoms with van der Waals surface area (Å²) in [5, 5.41) is 0. The van der Waals surface area contributed by atoms with Crippen LogP contribution < -0.4 is 0 Å². The molecule has 22 heavy (non-hydrogen) atoms. The third kappa shape index (κ3) is 1.31. The highest BCUT2D eigenvalue weighted by Gasteiger charge is 2.54. The maximum absolute atomic E-state index is 12.5. The summed E-state index contributed by atoms with van der Waals surface area (Å²) < 4.78 is 0. The fourth-order valence-electron chi connectivity index (χ4n) is 4.75. The molecule has 0 saturated carbocycles. The molecule has 0 radical (unpaired) electrons. The van der Waals surface area contributed by atoms with E-state index < -0.39 is 0 Å². The number of benzene rings is 2. The molecule has 2 nitrogen and oxygen atoms in total. The van der Waals surface area contributed by atoms with Gasteiger partial charge in [0.15, 0.2) is 11.6 Å². The van der Waals surface area contributed by atoms with E-state index in [-0.39, 0.29) is 35.2 Å². The molecule has 0 saturated heterocycles. The lowest BCUT2D eigenvalue weighted by Gasteiger charge is -2.49. The fraction of sp³-hybridized carbons (Fsp3) is 0.200. The van der Waals surface area contributed by atoms with Gasteiger partial charge in [0.05, 0.1) is 0 Å². The summed E-state index contributed by atoms with van der Waals surface area (Å²) in [5.74, 6) is -0.223. The molecule has 2 bridgehead atoms. The van der Waals surface area contributed by atoms with E-state index in [4.69, 9.17) is 0 Å². The van der Waals surface area contributed by atoms with E-state index in [9.17, 15) is 9.59 Å². The van der Waals surface area contributed by atoms with Crippen molar-refractivity contribution in [3.8, 4) is 0 Å². The zero-order valence-corrected chi connectivity index (χ0v) is 11.9. The van der Waals surface area contributed by atoms with Crippen molar-refractivity contribution < 1.29 is 9.59 Å². The first-order valence-corrected chi connectivity index (χ1v) is 7.71. The smallest absolute Gasteiger partial charge is 0.160 e. The van der Waals surface area contributed by atoms with Crippen LogP contribution in [0.15, 0.2) is 60.7 Å². The summed E-state index contributed by atoms with van der Waals surface area (Å²) in [7, 11) is 0. The van der Waals surface area contributed by atoms with Crippen LogP contribution >= 0.6 is 0 Å². The Hall–Kier alpha value is -2.48. The van der Waals surface area contributed by atoms with Crippen molar-refractivity contribution >= 4 is 11.6 Å². The quantitative estimate of drug-likeness (QED) is 0.745. The molecule has 0 heterocycles. The van der Waals surface area contributed by atoms with Gasteiger partial charge < -0.3 is 0 Å². The van der Waals surface area contributed by atoms with Crippen LogP contribution in [0.25, 0.3) is 0 Å². The molecule has 0 aromatic heterocycles. The van der Waals surface area contributed by atoms with Gasteiger partial charge in [0, 0.05) is 23.7 Å². The third-order valence-corrected chi connectivity index (χ3v) is 5.51. The van der Waals surface area contributed by atoms with Gasteiger partial charge in [-0.25, -0.2) is 0 Å². The Morgan fingerprint density at radius 2 is 0.864 bits per heavy atom. The lowest BCUT2D eigenvalue weighted by Crippen LogP contribution is -2.47. The summed E-state index contributed by atoms with van der Waals surface area (Å²) >= 11 is 0. The number of ketones is 2. The van der Waals surface area contributed by atoms with Crippen molar-refractivity contribution in [2.24, 2.45) is 11.8 Å². The number of carbonyl (C=O) groups excluding carboxylic acids is 2. The maximum atomic E-state index is 12.5. The molecular weight excluding hydrogens is 272 g/mol. The predicted molar refractivity (Wildman–Crippen MR) is 82.7 cm³/mol. The molecule has 2 heteroatoms. The summed E-state index contributed by atoms with van der Waals surface area (Å²) in [6, 6.07) is 16.6. The summed E-state index contributed by atoms with van der Waals surface area (Å²) in [4.78, 5) is 25.1. The van der Waals surface area contributed by atoms with Gasteiger partial charge in [-0.15, -0.1) is 0 Å². The van der Waals surface area contributed by atoms with Crippen LogP contribution in [0, 0.1) is 11.8 Å². The number of allylic oxidation sites excluding steroid dienone is 2. The second kappa shape index (κ2) is 4.04. The Balaban J connectivity index is 1.87. The molecule has 4 aliphatic carbocycles. The van der Waals surface area contributed by atoms with Crippen molar-refractivity contribution in [1.82, 2.24) is 0 Å². The molecule has 2 unspecified atom stereocenters. The molecule has 0 N–H and O–H groups in total. The minimum absolute atomic E-state index is 0.0174. The Bertz CT molecular complexity index is 744. The average molecular weight is 286 g/mol. The molecule has 0 fully saturated rings. The van der Waals surface area contributed by atoms with E-state index in [2.05, 4.69) is 24.3 Å². The minimum Gasteiger partial charge on any atom is -0.294 e. The standard InChI is InChI=1S/C20H14O2/c21-15-9-10-16(22)20-18-12-6-2-1-5-11(12)17(19(15)20)13-7-3-4-8-14(13)18/h1-10,17-20H. The second-order valence-corrected chi connectivity index (χ2v) is 6.40. The molecule has 2 aromatic rings. The summed E-state index contributed by atoms with van der Waals surface area (Å²) in [6.07, 6.45) is 2.96. The Morgan fingerprint density at radius 1 is 0.545 bits per heavy atom. The van der Waals surface area contributed by atoms with E-state index in [0.29, 0.717) is 0 Å². The highest BCUT2D eigenvalue weighted by Crippen LogP contribution is 2.59.